The van der Waals surface area contributed by atoms with Gasteiger partial charge >= 0.3 is 0 Å². The lowest BCUT2D eigenvalue weighted by atomic mass is 10.3. The second kappa shape index (κ2) is 2.97. The number of nitrogens with zero attached hydrogens (tertiary/aromatic N) is 1. The van der Waals surface area contributed by atoms with E-state index in [2.05, 4.69) is 27.8 Å². The van der Waals surface area contributed by atoms with E-state index < -0.39 is 0 Å². The molecule has 0 spiro atoms. The highest BCUT2D eigenvalue weighted by molar-refractivity contribution is 9.10. The van der Waals surface area contributed by atoms with Crippen LogP contribution in [0.1, 0.15) is 12.6 Å². The molecule has 0 radical (unpaired) electrons. The van der Waals surface area contributed by atoms with E-state index >= 15 is 0 Å². The summed E-state index contributed by atoms with van der Waals surface area (Å²) in [6.45, 7) is 2.09. The summed E-state index contributed by atoms with van der Waals surface area (Å²) in [5.74, 6) is 0. The average molecular weight is 186 g/mol. The molecule has 0 bridgehead atoms. The van der Waals surface area contributed by atoms with E-state index in [-0.39, 0.29) is 0 Å². The second-order valence-corrected chi connectivity index (χ2v) is 2.62. The van der Waals surface area contributed by atoms with Crippen LogP contribution in [-0.4, -0.2) is 4.98 Å². The summed E-state index contributed by atoms with van der Waals surface area (Å²) in [7, 11) is 0. The lowest BCUT2D eigenvalue weighted by molar-refractivity contribution is 1.02. The van der Waals surface area contributed by atoms with Gasteiger partial charge in [-0.3, -0.25) is 0 Å². The normalized spacial score (nSPS) is 9.56. The number of aryl methyl sites for hydroxylation is 1. The molecule has 0 saturated carbocycles. The topological polar surface area (TPSA) is 12.9 Å². The largest absolute Gasteiger partial charge is 0.246 e. The highest BCUT2D eigenvalue weighted by atomic mass is 79.9. The van der Waals surface area contributed by atoms with Crippen LogP contribution >= 0.6 is 15.9 Å². The molecule has 1 aromatic rings. The van der Waals surface area contributed by atoms with Gasteiger partial charge in [0.05, 0.1) is 0 Å². The van der Waals surface area contributed by atoms with E-state index in [1.54, 1.807) is 0 Å². The SMILES string of the molecule is CCc1cccc(Br)n1. The number of rotatable bonds is 1. The molecule has 2 heteroatoms. The van der Waals surface area contributed by atoms with Crippen LogP contribution in [0.4, 0.5) is 0 Å². The summed E-state index contributed by atoms with van der Waals surface area (Å²) >= 11 is 3.29. The number of aromatic nitrogens is 1. The summed E-state index contributed by atoms with van der Waals surface area (Å²) in [4.78, 5) is 4.21. The summed E-state index contributed by atoms with van der Waals surface area (Å²) in [5.41, 5.74) is 1.13. The highest BCUT2D eigenvalue weighted by Gasteiger charge is 1.88. The summed E-state index contributed by atoms with van der Waals surface area (Å²) < 4.78 is 0.918. The van der Waals surface area contributed by atoms with Crippen molar-refractivity contribution in [2.45, 2.75) is 13.3 Å². The maximum Gasteiger partial charge on any atom is 0.106 e. The molecule has 1 rings (SSSR count). The third-order valence-corrected chi connectivity index (χ3v) is 1.58. The fourth-order valence-corrected chi connectivity index (χ4v) is 1.03. The zero-order valence-corrected chi connectivity index (χ0v) is 6.85. The van der Waals surface area contributed by atoms with Crippen LogP contribution in [0.5, 0.6) is 0 Å². The van der Waals surface area contributed by atoms with Crippen molar-refractivity contribution >= 4 is 15.9 Å². The first-order chi connectivity index (χ1) is 4.33. The van der Waals surface area contributed by atoms with Crippen LogP contribution in [0.25, 0.3) is 0 Å². The third kappa shape index (κ3) is 1.79. The molecule has 0 aliphatic heterocycles. The molecule has 1 aromatic heterocycles. The van der Waals surface area contributed by atoms with Gasteiger partial charge in [0.25, 0.3) is 0 Å². The zero-order valence-electron chi connectivity index (χ0n) is 5.26. The molecule has 9 heavy (non-hydrogen) atoms. The molecule has 0 unspecified atom stereocenters. The minimum Gasteiger partial charge on any atom is -0.246 e. The van der Waals surface area contributed by atoms with Gasteiger partial charge in [0.15, 0.2) is 0 Å². The van der Waals surface area contributed by atoms with Crippen LogP contribution in [0, 0.1) is 0 Å². The average Bonchev–Trinajstić information content (AvgIpc) is 1.88. The maximum atomic E-state index is 4.21. The van der Waals surface area contributed by atoms with E-state index in [1.807, 2.05) is 18.2 Å². The van der Waals surface area contributed by atoms with Crippen LogP contribution < -0.4 is 0 Å². The lowest BCUT2D eigenvalue weighted by Crippen LogP contribution is -1.84. The number of halogens is 1. The van der Waals surface area contributed by atoms with Crippen molar-refractivity contribution in [2.24, 2.45) is 0 Å². The minimum atomic E-state index is 0.918. The van der Waals surface area contributed by atoms with Crippen molar-refractivity contribution in [3.8, 4) is 0 Å². The first-order valence-corrected chi connectivity index (χ1v) is 3.73. The Morgan fingerprint density at radius 3 is 2.78 bits per heavy atom. The summed E-state index contributed by atoms with van der Waals surface area (Å²) in [6.07, 6.45) is 0.999. The van der Waals surface area contributed by atoms with Gasteiger partial charge < -0.3 is 0 Å². The standard InChI is InChI=1S/C7H8BrN/c1-2-6-4-3-5-7(8)9-6/h3-5H,2H2,1H3. The van der Waals surface area contributed by atoms with Crippen molar-refractivity contribution < 1.29 is 0 Å². The maximum absolute atomic E-state index is 4.21. The Bertz CT molecular complexity index is 198. The lowest BCUT2D eigenvalue weighted by Gasteiger charge is -1.93. The molecule has 0 atom stereocenters. The molecule has 0 aliphatic carbocycles. The van der Waals surface area contributed by atoms with Gasteiger partial charge in [-0.15, -0.1) is 0 Å². The van der Waals surface area contributed by atoms with Crippen LogP contribution in [0.3, 0.4) is 0 Å². The van der Waals surface area contributed by atoms with Gasteiger partial charge in [-0.1, -0.05) is 13.0 Å². The number of hydrogen-bond acceptors (Lipinski definition) is 1. The van der Waals surface area contributed by atoms with Crippen molar-refractivity contribution in [3.63, 3.8) is 0 Å². The van der Waals surface area contributed by atoms with Crippen molar-refractivity contribution in [1.29, 1.82) is 0 Å². The zero-order chi connectivity index (χ0) is 6.69. The third-order valence-electron chi connectivity index (χ3n) is 1.14. The van der Waals surface area contributed by atoms with Gasteiger partial charge in [-0.2, -0.15) is 0 Å². The van der Waals surface area contributed by atoms with Gasteiger partial charge in [0, 0.05) is 5.69 Å². The molecule has 0 aromatic carbocycles. The van der Waals surface area contributed by atoms with Crippen LogP contribution in [0.15, 0.2) is 22.8 Å². The number of hydrogen-bond donors (Lipinski definition) is 0. The molecule has 1 nitrogen and oxygen atoms in total. The molecule has 0 amide bonds. The van der Waals surface area contributed by atoms with E-state index in [4.69, 9.17) is 0 Å². The Morgan fingerprint density at radius 1 is 1.56 bits per heavy atom. The molecular formula is C7H8BrN. The Hall–Kier alpha value is -0.370. The highest BCUT2D eigenvalue weighted by Crippen LogP contribution is 2.05. The van der Waals surface area contributed by atoms with E-state index in [0.717, 1.165) is 16.7 Å². The molecule has 0 aliphatic rings. The molecule has 0 fully saturated rings. The Morgan fingerprint density at radius 2 is 2.33 bits per heavy atom. The predicted octanol–water partition coefficient (Wildman–Crippen LogP) is 2.41. The molecule has 0 saturated heterocycles. The van der Waals surface area contributed by atoms with E-state index in [9.17, 15) is 0 Å². The quantitative estimate of drug-likeness (QED) is 0.613. The number of pyridine rings is 1. The second-order valence-electron chi connectivity index (χ2n) is 1.81. The van der Waals surface area contributed by atoms with Crippen LogP contribution in [-0.2, 0) is 6.42 Å². The van der Waals surface area contributed by atoms with Gasteiger partial charge in [-0.05, 0) is 34.5 Å². The monoisotopic (exact) mass is 185 g/mol. The Kier molecular flexibility index (Phi) is 2.22. The van der Waals surface area contributed by atoms with Gasteiger partial charge in [0.2, 0.25) is 0 Å². The smallest absolute Gasteiger partial charge is 0.106 e. The molecule has 0 N–H and O–H groups in total. The Balaban J connectivity index is 2.94. The minimum absolute atomic E-state index is 0.918. The van der Waals surface area contributed by atoms with Crippen molar-refractivity contribution in [2.75, 3.05) is 0 Å². The first kappa shape index (κ1) is 6.75. The van der Waals surface area contributed by atoms with E-state index in [1.165, 1.54) is 0 Å². The fourth-order valence-electron chi connectivity index (χ4n) is 0.647. The van der Waals surface area contributed by atoms with Crippen molar-refractivity contribution in [3.05, 3.63) is 28.5 Å². The predicted molar refractivity (Wildman–Crippen MR) is 41.3 cm³/mol. The molecule has 48 valence electrons. The summed E-state index contributed by atoms with van der Waals surface area (Å²) in [5, 5.41) is 0. The molecular weight excluding hydrogens is 178 g/mol. The first-order valence-electron chi connectivity index (χ1n) is 2.94. The van der Waals surface area contributed by atoms with Gasteiger partial charge in [-0.25, -0.2) is 4.98 Å². The van der Waals surface area contributed by atoms with E-state index in [0.29, 0.717) is 0 Å². The molecule has 1 heterocycles. The van der Waals surface area contributed by atoms with Crippen LogP contribution in [0.2, 0.25) is 0 Å². The fraction of sp³-hybridized carbons (Fsp3) is 0.286. The summed E-state index contributed by atoms with van der Waals surface area (Å²) in [6, 6.07) is 5.94. The van der Waals surface area contributed by atoms with Crippen molar-refractivity contribution in [1.82, 2.24) is 4.98 Å². The Labute approximate surface area is 63.2 Å². The van der Waals surface area contributed by atoms with Gasteiger partial charge in [0.1, 0.15) is 4.60 Å².